The lowest BCUT2D eigenvalue weighted by Crippen LogP contribution is -2.32. The maximum Gasteiger partial charge on any atom is 0.318 e. The number of hydrogen-bond donors (Lipinski definition) is 2. The number of hydrogen-bond acceptors (Lipinski definition) is 2. The minimum Gasteiger partial charge on any atom is -0.351 e. The molecule has 0 saturated carbocycles. The van der Waals surface area contributed by atoms with Gasteiger partial charge in [0, 0.05) is 19.3 Å². The van der Waals surface area contributed by atoms with Crippen LogP contribution in [0.25, 0.3) is 0 Å². The Morgan fingerprint density at radius 1 is 1.53 bits per heavy atom. The molecule has 0 radical (unpaired) electrons. The van der Waals surface area contributed by atoms with Crippen molar-refractivity contribution in [2.24, 2.45) is 5.73 Å². The lowest BCUT2D eigenvalue weighted by Gasteiger charge is -2.24. The molecule has 1 aromatic carbocycles. The monoisotopic (exact) mass is 233 g/mol. The molecule has 2 amide bonds. The van der Waals surface area contributed by atoms with E-state index in [0.717, 1.165) is 18.8 Å². The Balaban J connectivity index is 2.18. The van der Waals surface area contributed by atoms with Gasteiger partial charge >= 0.3 is 6.03 Å². The van der Waals surface area contributed by atoms with Crippen LogP contribution in [-0.2, 0) is 0 Å². The molecule has 4 nitrogen and oxygen atoms in total. The van der Waals surface area contributed by atoms with E-state index >= 15 is 0 Å². The van der Waals surface area contributed by atoms with Crippen molar-refractivity contribution in [1.82, 2.24) is 5.32 Å². The maximum absolute atomic E-state index is 11.1. The zero-order valence-electron chi connectivity index (χ0n) is 10.1. The Labute approximate surface area is 102 Å². The van der Waals surface area contributed by atoms with Crippen molar-refractivity contribution >= 4 is 11.7 Å². The van der Waals surface area contributed by atoms with Gasteiger partial charge in [0.1, 0.15) is 0 Å². The van der Waals surface area contributed by atoms with Crippen molar-refractivity contribution in [3.63, 3.8) is 0 Å². The lowest BCUT2D eigenvalue weighted by molar-refractivity contribution is 0.255. The number of nitrogens with zero attached hydrogens (tertiary/aromatic N) is 1. The van der Waals surface area contributed by atoms with Crippen LogP contribution in [0.4, 0.5) is 10.5 Å². The van der Waals surface area contributed by atoms with Crippen LogP contribution in [0, 0.1) is 0 Å². The lowest BCUT2D eigenvalue weighted by atomic mass is 9.91. The smallest absolute Gasteiger partial charge is 0.318 e. The molecule has 0 aliphatic carbocycles. The fourth-order valence-electron chi connectivity index (χ4n) is 2.25. The van der Waals surface area contributed by atoms with Crippen molar-refractivity contribution in [2.45, 2.75) is 18.8 Å². The Bertz CT molecular complexity index is 399. The van der Waals surface area contributed by atoms with Gasteiger partial charge in [0.2, 0.25) is 0 Å². The molecule has 1 atom stereocenters. The standard InChI is InChI=1S/C13H19N3O/c1-16(13(14)17)12-6-2-4-10(8-12)11-5-3-7-15-9-11/h2,4,6,8,11,15H,3,5,7,9H2,1H3,(H2,14,17). The first-order valence-corrected chi connectivity index (χ1v) is 6.02. The van der Waals surface area contributed by atoms with E-state index in [-0.39, 0.29) is 0 Å². The molecule has 2 rings (SSSR count). The molecule has 17 heavy (non-hydrogen) atoms. The summed E-state index contributed by atoms with van der Waals surface area (Å²) in [6.45, 7) is 2.13. The fraction of sp³-hybridized carbons (Fsp3) is 0.462. The molecule has 1 aliphatic heterocycles. The number of carbonyl (C=O) groups excluding carboxylic acids is 1. The molecule has 1 saturated heterocycles. The van der Waals surface area contributed by atoms with Crippen LogP contribution in [-0.4, -0.2) is 26.2 Å². The van der Waals surface area contributed by atoms with Crippen LogP contribution in [0.3, 0.4) is 0 Å². The van der Waals surface area contributed by atoms with E-state index < -0.39 is 6.03 Å². The van der Waals surface area contributed by atoms with Crippen molar-refractivity contribution in [3.05, 3.63) is 29.8 Å². The van der Waals surface area contributed by atoms with Crippen LogP contribution in [0.5, 0.6) is 0 Å². The maximum atomic E-state index is 11.1. The number of carbonyl (C=O) groups is 1. The van der Waals surface area contributed by atoms with Crippen LogP contribution < -0.4 is 16.0 Å². The molecule has 1 aliphatic rings. The summed E-state index contributed by atoms with van der Waals surface area (Å²) in [5.41, 5.74) is 7.41. The Kier molecular flexibility index (Phi) is 3.64. The third kappa shape index (κ3) is 2.77. The largest absolute Gasteiger partial charge is 0.351 e. The van der Waals surface area contributed by atoms with Gasteiger partial charge in [0.25, 0.3) is 0 Å². The molecule has 1 aromatic rings. The highest BCUT2D eigenvalue weighted by Gasteiger charge is 2.16. The van der Waals surface area contributed by atoms with Gasteiger partial charge in [-0.2, -0.15) is 0 Å². The van der Waals surface area contributed by atoms with E-state index in [0.29, 0.717) is 5.92 Å². The van der Waals surface area contributed by atoms with Crippen LogP contribution in [0.2, 0.25) is 0 Å². The van der Waals surface area contributed by atoms with Gasteiger partial charge in [0.15, 0.2) is 0 Å². The SMILES string of the molecule is CN(C(N)=O)c1cccc(C2CCCNC2)c1. The highest BCUT2D eigenvalue weighted by Crippen LogP contribution is 2.26. The first-order chi connectivity index (χ1) is 8.18. The minimum atomic E-state index is -0.427. The summed E-state index contributed by atoms with van der Waals surface area (Å²) in [6, 6.07) is 7.64. The molecule has 4 heteroatoms. The summed E-state index contributed by atoms with van der Waals surface area (Å²) >= 11 is 0. The van der Waals surface area contributed by atoms with Gasteiger partial charge in [-0.25, -0.2) is 4.79 Å². The Morgan fingerprint density at radius 3 is 3.00 bits per heavy atom. The van der Waals surface area contributed by atoms with Gasteiger partial charge in [-0.3, -0.25) is 4.90 Å². The summed E-state index contributed by atoms with van der Waals surface area (Å²) in [7, 11) is 1.70. The fourth-order valence-corrected chi connectivity index (χ4v) is 2.25. The van der Waals surface area contributed by atoms with Crippen LogP contribution >= 0.6 is 0 Å². The second kappa shape index (κ2) is 5.19. The van der Waals surface area contributed by atoms with Crippen LogP contribution in [0.15, 0.2) is 24.3 Å². The molecule has 0 bridgehead atoms. The van der Waals surface area contributed by atoms with E-state index in [1.165, 1.54) is 23.3 Å². The van der Waals surface area contributed by atoms with Crippen molar-refractivity contribution in [1.29, 1.82) is 0 Å². The summed E-state index contributed by atoms with van der Waals surface area (Å²) < 4.78 is 0. The third-order valence-electron chi connectivity index (χ3n) is 3.36. The second-order valence-corrected chi connectivity index (χ2v) is 4.54. The van der Waals surface area contributed by atoms with Gasteiger partial charge in [-0.15, -0.1) is 0 Å². The van der Waals surface area contributed by atoms with Gasteiger partial charge in [-0.05, 0) is 43.0 Å². The molecule has 0 aromatic heterocycles. The normalized spacial score (nSPS) is 19.9. The topological polar surface area (TPSA) is 58.4 Å². The number of benzene rings is 1. The van der Waals surface area contributed by atoms with Crippen molar-refractivity contribution < 1.29 is 4.79 Å². The molecular formula is C13H19N3O. The summed E-state index contributed by atoms with van der Waals surface area (Å²) in [5, 5.41) is 3.40. The van der Waals surface area contributed by atoms with E-state index in [1.54, 1.807) is 7.05 Å². The zero-order chi connectivity index (χ0) is 12.3. The van der Waals surface area contributed by atoms with Gasteiger partial charge in [-0.1, -0.05) is 12.1 Å². The molecule has 1 fully saturated rings. The van der Waals surface area contributed by atoms with Crippen molar-refractivity contribution in [3.8, 4) is 0 Å². The number of primary amides is 1. The highest BCUT2D eigenvalue weighted by molar-refractivity contribution is 5.90. The van der Waals surface area contributed by atoms with Crippen LogP contribution in [0.1, 0.15) is 24.3 Å². The number of rotatable bonds is 2. The predicted octanol–water partition coefficient (Wildman–Crippen LogP) is 1.67. The molecule has 92 valence electrons. The van der Waals surface area contributed by atoms with Gasteiger partial charge < -0.3 is 11.1 Å². The number of piperidine rings is 1. The number of nitrogens with one attached hydrogen (secondary N) is 1. The first kappa shape index (κ1) is 11.9. The summed E-state index contributed by atoms with van der Waals surface area (Å²) in [4.78, 5) is 12.6. The predicted molar refractivity (Wildman–Crippen MR) is 69.3 cm³/mol. The molecular weight excluding hydrogens is 214 g/mol. The average molecular weight is 233 g/mol. The van der Waals surface area contributed by atoms with Gasteiger partial charge in [0.05, 0.1) is 0 Å². The third-order valence-corrected chi connectivity index (χ3v) is 3.36. The number of urea groups is 1. The molecule has 1 unspecified atom stereocenters. The highest BCUT2D eigenvalue weighted by atomic mass is 16.2. The Hall–Kier alpha value is -1.55. The number of amides is 2. The number of anilines is 1. The average Bonchev–Trinajstić information content (AvgIpc) is 2.39. The molecule has 3 N–H and O–H groups in total. The summed E-state index contributed by atoms with van der Waals surface area (Å²) in [5.74, 6) is 0.546. The second-order valence-electron chi connectivity index (χ2n) is 4.54. The zero-order valence-corrected chi connectivity index (χ0v) is 10.1. The minimum absolute atomic E-state index is 0.427. The van der Waals surface area contributed by atoms with E-state index in [2.05, 4.69) is 17.4 Å². The van der Waals surface area contributed by atoms with E-state index in [9.17, 15) is 4.79 Å². The number of nitrogens with two attached hydrogens (primary N) is 1. The molecule has 1 heterocycles. The Morgan fingerprint density at radius 2 is 2.35 bits per heavy atom. The van der Waals surface area contributed by atoms with Crippen molar-refractivity contribution in [2.75, 3.05) is 25.0 Å². The molecule has 0 spiro atoms. The quantitative estimate of drug-likeness (QED) is 0.816. The van der Waals surface area contributed by atoms with E-state index in [1.807, 2.05) is 12.1 Å². The first-order valence-electron chi connectivity index (χ1n) is 6.02. The summed E-state index contributed by atoms with van der Waals surface area (Å²) in [6.07, 6.45) is 2.41. The van der Waals surface area contributed by atoms with E-state index in [4.69, 9.17) is 5.73 Å².